The summed E-state index contributed by atoms with van der Waals surface area (Å²) in [6.45, 7) is 2.04. The second-order valence-corrected chi connectivity index (χ2v) is 5.40. The van der Waals surface area contributed by atoms with E-state index in [1.807, 2.05) is 0 Å². The van der Waals surface area contributed by atoms with E-state index in [1.165, 1.54) is 12.1 Å². The van der Waals surface area contributed by atoms with Crippen molar-refractivity contribution in [2.75, 3.05) is 31.7 Å². The minimum Gasteiger partial charge on any atom is -0.484 e. The number of rotatable bonds is 5. The monoisotopic (exact) mass is 332 g/mol. The van der Waals surface area contributed by atoms with Gasteiger partial charge in [-0.25, -0.2) is 4.79 Å². The summed E-state index contributed by atoms with van der Waals surface area (Å²) in [6, 6.07) is 4.15. The van der Waals surface area contributed by atoms with E-state index in [-0.39, 0.29) is 5.75 Å². The van der Waals surface area contributed by atoms with Crippen LogP contribution in [-0.2, 0) is 4.74 Å². The van der Waals surface area contributed by atoms with Crippen LogP contribution in [0.3, 0.4) is 0 Å². The molecule has 1 fully saturated rings. The number of alkyl halides is 3. The highest BCUT2D eigenvalue weighted by molar-refractivity contribution is 5.90. The Labute approximate surface area is 132 Å². The average molecular weight is 332 g/mol. The zero-order chi connectivity index (χ0) is 16.9. The molecule has 0 bridgehead atoms. The van der Waals surface area contributed by atoms with Crippen molar-refractivity contribution in [3.05, 3.63) is 23.8 Å². The molecule has 1 heterocycles. The summed E-state index contributed by atoms with van der Waals surface area (Å²) in [5, 5.41) is 5.34. The van der Waals surface area contributed by atoms with Gasteiger partial charge in [0, 0.05) is 30.3 Å². The van der Waals surface area contributed by atoms with E-state index in [4.69, 9.17) is 9.47 Å². The fraction of sp³-hybridized carbons (Fsp3) is 0.533. The number of benzene rings is 1. The number of amides is 2. The molecule has 1 saturated heterocycles. The lowest BCUT2D eigenvalue weighted by Crippen LogP contribution is -2.33. The number of ether oxygens (including phenoxy) is 2. The smallest absolute Gasteiger partial charge is 0.422 e. The largest absolute Gasteiger partial charge is 0.484 e. The lowest BCUT2D eigenvalue weighted by Gasteiger charge is -2.15. The Bertz CT molecular complexity index is 543. The topological polar surface area (TPSA) is 59.6 Å². The van der Waals surface area contributed by atoms with E-state index in [2.05, 4.69) is 10.6 Å². The van der Waals surface area contributed by atoms with E-state index in [0.29, 0.717) is 36.9 Å². The van der Waals surface area contributed by atoms with Gasteiger partial charge in [0.25, 0.3) is 0 Å². The highest BCUT2D eigenvalue weighted by Crippen LogP contribution is 2.27. The van der Waals surface area contributed by atoms with Crippen LogP contribution in [0, 0.1) is 12.8 Å². The number of nitrogens with one attached hydrogen (secondary N) is 2. The van der Waals surface area contributed by atoms with Crippen LogP contribution in [-0.4, -0.2) is 38.6 Å². The molecule has 0 saturated carbocycles. The highest BCUT2D eigenvalue weighted by Gasteiger charge is 2.28. The molecule has 2 N–H and O–H groups in total. The molecule has 0 spiro atoms. The molecule has 0 radical (unpaired) electrons. The number of carbonyl (C=O) groups excluding carboxylic acids is 1. The Morgan fingerprint density at radius 2 is 2.22 bits per heavy atom. The van der Waals surface area contributed by atoms with Crippen molar-refractivity contribution in [2.45, 2.75) is 19.5 Å². The maximum atomic E-state index is 12.2. The molecule has 2 rings (SSSR count). The van der Waals surface area contributed by atoms with Gasteiger partial charge >= 0.3 is 12.2 Å². The fourth-order valence-electron chi connectivity index (χ4n) is 2.21. The summed E-state index contributed by atoms with van der Waals surface area (Å²) in [7, 11) is 0. The SMILES string of the molecule is Cc1c(NC(=O)NCC2CCOC2)cccc1OCC(F)(F)F. The minimum absolute atomic E-state index is 0.0873. The van der Waals surface area contributed by atoms with Crippen LogP contribution < -0.4 is 15.4 Å². The molecule has 8 heteroatoms. The van der Waals surface area contributed by atoms with Gasteiger partial charge in [0.1, 0.15) is 5.75 Å². The summed E-state index contributed by atoms with van der Waals surface area (Å²) >= 11 is 0. The van der Waals surface area contributed by atoms with Gasteiger partial charge in [0.15, 0.2) is 6.61 Å². The molecule has 1 aliphatic rings. The molecule has 5 nitrogen and oxygen atoms in total. The Kier molecular flexibility index (Phi) is 5.70. The molecule has 2 amide bonds. The van der Waals surface area contributed by atoms with Crippen molar-refractivity contribution < 1.29 is 27.4 Å². The van der Waals surface area contributed by atoms with Crippen molar-refractivity contribution in [1.82, 2.24) is 5.32 Å². The van der Waals surface area contributed by atoms with Crippen LogP contribution in [0.15, 0.2) is 18.2 Å². The highest BCUT2D eigenvalue weighted by atomic mass is 19.4. The van der Waals surface area contributed by atoms with E-state index in [0.717, 1.165) is 6.42 Å². The predicted octanol–water partition coefficient (Wildman–Crippen LogP) is 3.09. The molecular formula is C15H19F3N2O3. The lowest BCUT2D eigenvalue weighted by atomic mass is 10.1. The van der Waals surface area contributed by atoms with Gasteiger partial charge in [-0.05, 0) is 25.5 Å². The number of anilines is 1. The number of hydrogen-bond acceptors (Lipinski definition) is 3. The maximum absolute atomic E-state index is 12.2. The maximum Gasteiger partial charge on any atom is 0.422 e. The van der Waals surface area contributed by atoms with Crippen LogP contribution >= 0.6 is 0 Å². The molecule has 0 aromatic heterocycles. The van der Waals surface area contributed by atoms with Crippen LogP contribution in [0.1, 0.15) is 12.0 Å². The first kappa shape index (κ1) is 17.4. The van der Waals surface area contributed by atoms with Crippen molar-refractivity contribution in [2.24, 2.45) is 5.92 Å². The summed E-state index contributed by atoms with van der Waals surface area (Å²) in [5.74, 6) is 0.382. The normalized spacial score (nSPS) is 17.8. The van der Waals surface area contributed by atoms with Crippen LogP contribution in [0.2, 0.25) is 0 Å². The van der Waals surface area contributed by atoms with Gasteiger partial charge in [-0.3, -0.25) is 0 Å². The first-order valence-corrected chi connectivity index (χ1v) is 7.27. The summed E-state index contributed by atoms with van der Waals surface area (Å²) in [5.41, 5.74) is 0.848. The second kappa shape index (κ2) is 7.54. The average Bonchev–Trinajstić information content (AvgIpc) is 2.98. The lowest BCUT2D eigenvalue weighted by molar-refractivity contribution is -0.153. The third kappa shape index (κ3) is 5.63. The van der Waals surface area contributed by atoms with Crippen molar-refractivity contribution >= 4 is 11.7 Å². The third-order valence-electron chi connectivity index (χ3n) is 3.50. The standard InChI is InChI=1S/C15H19F3N2O3/c1-10-12(3-2-4-13(10)23-9-15(16,17)18)20-14(21)19-7-11-5-6-22-8-11/h2-4,11H,5-9H2,1H3,(H2,19,20,21). The molecule has 1 aromatic carbocycles. The molecule has 1 atom stereocenters. The summed E-state index contributed by atoms with van der Waals surface area (Å²) in [6.07, 6.45) is -3.50. The zero-order valence-electron chi connectivity index (χ0n) is 12.7. The number of halogens is 3. The summed E-state index contributed by atoms with van der Waals surface area (Å²) in [4.78, 5) is 11.9. The Balaban J connectivity index is 1.89. The van der Waals surface area contributed by atoms with Crippen LogP contribution in [0.25, 0.3) is 0 Å². The van der Waals surface area contributed by atoms with E-state index >= 15 is 0 Å². The molecule has 128 valence electrons. The fourth-order valence-corrected chi connectivity index (χ4v) is 2.21. The van der Waals surface area contributed by atoms with Crippen molar-refractivity contribution in [1.29, 1.82) is 0 Å². The van der Waals surface area contributed by atoms with Crippen molar-refractivity contribution in [3.63, 3.8) is 0 Å². The van der Waals surface area contributed by atoms with Gasteiger partial charge < -0.3 is 20.1 Å². The van der Waals surface area contributed by atoms with Gasteiger partial charge in [-0.15, -0.1) is 0 Å². The van der Waals surface area contributed by atoms with E-state index in [1.54, 1.807) is 13.0 Å². The predicted molar refractivity (Wildman–Crippen MR) is 78.7 cm³/mol. The molecule has 0 aliphatic carbocycles. The number of carbonyl (C=O) groups is 1. The summed E-state index contributed by atoms with van der Waals surface area (Å²) < 4.78 is 46.6. The molecule has 1 unspecified atom stereocenters. The number of hydrogen-bond donors (Lipinski definition) is 2. The number of urea groups is 1. The molecule has 1 aliphatic heterocycles. The first-order valence-electron chi connectivity index (χ1n) is 7.27. The van der Waals surface area contributed by atoms with Gasteiger partial charge in [0.2, 0.25) is 0 Å². The zero-order valence-corrected chi connectivity index (χ0v) is 12.7. The van der Waals surface area contributed by atoms with Gasteiger partial charge in [-0.2, -0.15) is 13.2 Å². The van der Waals surface area contributed by atoms with Gasteiger partial charge in [-0.1, -0.05) is 6.07 Å². The molecule has 23 heavy (non-hydrogen) atoms. The molecule has 1 aromatic rings. The van der Waals surface area contributed by atoms with Crippen LogP contribution in [0.4, 0.5) is 23.7 Å². The van der Waals surface area contributed by atoms with E-state index < -0.39 is 18.8 Å². The van der Waals surface area contributed by atoms with Crippen molar-refractivity contribution in [3.8, 4) is 5.75 Å². The Morgan fingerprint density at radius 1 is 1.43 bits per heavy atom. The van der Waals surface area contributed by atoms with E-state index in [9.17, 15) is 18.0 Å². The third-order valence-corrected chi connectivity index (χ3v) is 3.50. The first-order chi connectivity index (χ1) is 10.8. The quantitative estimate of drug-likeness (QED) is 0.871. The Hall–Kier alpha value is -1.96. The van der Waals surface area contributed by atoms with Gasteiger partial charge in [0.05, 0.1) is 6.61 Å². The Morgan fingerprint density at radius 3 is 2.87 bits per heavy atom. The molecular weight excluding hydrogens is 313 g/mol. The second-order valence-electron chi connectivity index (χ2n) is 5.40. The minimum atomic E-state index is -4.41. The van der Waals surface area contributed by atoms with Crippen LogP contribution in [0.5, 0.6) is 5.75 Å².